The van der Waals surface area contributed by atoms with E-state index < -0.39 is 0 Å². The minimum atomic E-state index is 0.557. The van der Waals surface area contributed by atoms with Crippen LogP contribution in [0, 0.1) is 0 Å². The van der Waals surface area contributed by atoms with E-state index in [1.807, 2.05) is 28.9 Å². The lowest BCUT2D eigenvalue weighted by Gasteiger charge is -2.08. The molecule has 0 bridgehead atoms. The van der Waals surface area contributed by atoms with E-state index in [1.54, 1.807) is 7.11 Å². The molecule has 0 fully saturated rings. The van der Waals surface area contributed by atoms with Gasteiger partial charge in [-0.25, -0.2) is 4.68 Å². The molecule has 0 atom stereocenters. The molecule has 2 aromatic rings. The number of rotatable bonds is 3. The monoisotopic (exact) mass is 307 g/mol. The molecule has 1 aliphatic heterocycles. The summed E-state index contributed by atoms with van der Waals surface area (Å²) in [4.78, 5) is 0. The topological polar surface area (TPSA) is 39.1 Å². The van der Waals surface area contributed by atoms with Gasteiger partial charge in [-0.05, 0) is 34.5 Å². The summed E-state index contributed by atoms with van der Waals surface area (Å²) in [6.45, 7) is 1.52. The highest BCUT2D eigenvalue weighted by Gasteiger charge is 2.23. The normalized spacial score (nSPS) is 13.4. The lowest BCUT2D eigenvalue weighted by atomic mass is 10.2. The van der Waals surface area contributed by atoms with Gasteiger partial charge in [-0.15, -0.1) is 0 Å². The number of ether oxygens (including phenoxy) is 1. The zero-order valence-electron chi connectivity index (χ0n) is 10.1. The maximum atomic E-state index is 5.22. The quantitative estimate of drug-likeness (QED) is 0.947. The van der Waals surface area contributed by atoms with Crippen LogP contribution in [0.3, 0.4) is 0 Å². The fourth-order valence-electron chi connectivity index (χ4n) is 2.30. The Hall–Kier alpha value is -1.33. The molecule has 94 valence electrons. The Morgan fingerprint density at radius 3 is 3.06 bits per heavy atom. The second-order valence-corrected chi connectivity index (χ2v) is 5.10. The maximum absolute atomic E-state index is 5.22. The summed E-state index contributed by atoms with van der Waals surface area (Å²) in [6.07, 6.45) is 1.01. The van der Waals surface area contributed by atoms with E-state index in [9.17, 15) is 0 Å². The van der Waals surface area contributed by atoms with Crippen molar-refractivity contribution in [3.05, 3.63) is 40.0 Å². The van der Waals surface area contributed by atoms with Gasteiger partial charge in [-0.2, -0.15) is 5.10 Å². The van der Waals surface area contributed by atoms with E-state index in [1.165, 1.54) is 5.56 Å². The number of hydrogen-bond acceptors (Lipinski definition) is 3. The van der Waals surface area contributed by atoms with E-state index >= 15 is 0 Å². The summed E-state index contributed by atoms with van der Waals surface area (Å²) in [6, 6.07) is 8.09. The predicted octanol–water partition coefficient (Wildman–Crippen LogP) is 2.75. The number of para-hydroxylation sites is 1. The third-order valence-corrected chi connectivity index (χ3v) is 3.77. The third-order valence-electron chi connectivity index (χ3n) is 3.10. The number of nitrogens with one attached hydrogen (secondary N) is 1. The molecule has 1 aromatic heterocycles. The van der Waals surface area contributed by atoms with Crippen LogP contribution in [0.2, 0.25) is 0 Å². The van der Waals surface area contributed by atoms with E-state index in [2.05, 4.69) is 26.3 Å². The first kappa shape index (κ1) is 11.7. The number of halogens is 1. The number of hydrogen-bond donors (Lipinski definition) is 1. The van der Waals surface area contributed by atoms with Gasteiger partial charge in [0.1, 0.15) is 5.82 Å². The van der Waals surface area contributed by atoms with Crippen molar-refractivity contribution in [2.24, 2.45) is 0 Å². The molecule has 0 spiro atoms. The Kier molecular flexibility index (Phi) is 3.09. The largest absolute Gasteiger partial charge is 0.378 e. The molecule has 1 N–H and O–H groups in total. The first-order valence-corrected chi connectivity index (χ1v) is 6.69. The Balaban J connectivity index is 2.13. The highest BCUT2D eigenvalue weighted by molar-refractivity contribution is 9.10. The number of methoxy groups -OCH3 is 1. The minimum Gasteiger partial charge on any atom is -0.378 e. The van der Waals surface area contributed by atoms with Crippen LogP contribution in [-0.2, 0) is 17.8 Å². The fourth-order valence-corrected chi connectivity index (χ4v) is 2.75. The van der Waals surface area contributed by atoms with Crippen molar-refractivity contribution in [1.82, 2.24) is 9.78 Å². The third kappa shape index (κ3) is 1.83. The first-order valence-electron chi connectivity index (χ1n) is 5.89. The lowest BCUT2D eigenvalue weighted by molar-refractivity contribution is 0.180. The van der Waals surface area contributed by atoms with Gasteiger partial charge in [-0.3, -0.25) is 0 Å². The number of nitrogens with zero attached hydrogens (tertiary/aromatic N) is 2. The Morgan fingerprint density at radius 2 is 2.28 bits per heavy atom. The smallest absolute Gasteiger partial charge is 0.133 e. The molecule has 0 radical (unpaired) electrons. The lowest BCUT2D eigenvalue weighted by Crippen LogP contribution is -2.05. The van der Waals surface area contributed by atoms with E-state index in [-0.39, 0.29) is 0 Å². The first-order chi connectivity index (χ1) is 8.81. The average Bonchev–Trinajstić information content (AvgIpc) is 2.94. The van der Waals surface area contributed by atoms with Gasteiger partial charge >= 0.3 is 0 Å². The van der Waals surface area contributed by atoms with E-state index in [4.69, 9.17) is 4.74 Å². The Morgan fingerprint density at radius 1 is 1.44 bits per heavy atom. The van der Waals surface area contributed by atoms with Crippen molar-refractivity contribution in [3.8, 4) is 5.69 Å². The zero-order chi connectivity index (χ0) is 12.5. The second kappa shape index (κ2) is 4.74. The molecule has 1 aromatic carbocycles. The number of aromatic nitrogens is 2. The zero-order valence-corrected chi connectivity index (χ0v) is 11.7. The van der Waals surface area contributed by atoms with Crippen molar-refractivity contribution in [1.29, 1.82) is 0 Å². The molecule has 18 heavy (non-hydrogen) atoms. The molecule has 0 amide bonds. The molecule has 0 aliphatic carbocycles. The van der Waals surface area contributed by atoms with Crippen molar-refractivity contribution < 1.29 is 4.74 Å². The van der Waals surface area contributed by atoms with Crippen molar-refractivity contribution in [3.63, 3.8) is 0 Å². The summed E-state index contributed by atoms with van der Waals surface area (Å²) in [5, 5.41) is 8.05. The number of benzene rings is 1. The van der Waals surface area contributed by atoms with Gasteiger partial charge < -0.3 is 10.1 Å². The van der Waals surface area contributed by atoms with Gasteiger partial charge in [0, 0.05) is 23.7 Å². The summed E-state index contributed by atoms with van der Waals surface area (Å²) >= 11 is 3.57. The highest BCUT2D eigenvalue weighted by Crippen LogP contribution is 2.31. The van der Waals surface area contributed by atoms with Crippen molar-refractivity contribution in [2.45, 2.75) is 13.0 Å². The summed E-state index contributed by atoms with van der Waals surface area (Å²) < 4.78 is 8.21. The minimum absolute atomic E-state index is 0.557. The molecule has 0 saturated carbocycles. The van der Waals surface area contributed by atoms with Crippen molar-refractivity contribution in [2.75, 3.05) is 19.0 Å². The van der Waals surface area contributed by atoms with Crippen LogP contribution >= 0.6 is 15.9 Å². The standard InChI is InChI=1S/C13H14BrN3O/c1-18-8-11-9-6-7-15-13(9)17(16-11)12-5-3-2-4-10(12)14/h2-5,15H,6-8H2,1H3. The van der Waals surface area contributed by atoms with Crippen LogP contribution < -0.4 is 5.32 Å². The van der Waals surface area contributed by atoms with Gasteiger partial charge in [0.2, 0.25) is 0 Å². The fraction of sp³-hybridized carbons (Fsp3) is 0.308. The molecule has 3 rings (SSSR count). The van der Waals surface area contributed by atoms with E-state index in [0.717, 1.165) is 34.6 Å². The van der Waals surface area contributed by atoms with Crippen LogP contribution in [0.4, 0.5) is 5.82 Å². The van der Waals surface area contributed by atoms with Crippen LogP contribution in [0.25, 0.3) is 5.69 Å². The van der Waals surface area contributed by atoms with Gasteiger partial charge in [0.05, 0.1) is 18.0 Å². The molecule has 2 heterocycles. The summed E-state index contributed by atoms with van der Waals surface area (Å²) in [7, 11) is 1.70. The van der Waals surface area contributed by atoms with Crippen LogP contribution in [0.1, 0.15) is 11.3 Å². The summed E-state index contributed by atoms with van der Waals surface area (Å²) in [5.41, 5.74) is 3.34. The van der Waals surface area contributed by atoms with Gasteiger partial charge in [0.15, 0.2) is 0 Å². The SMILES string of the molecule is COCc1nn(-c2ccccc2Br)c2c1CCN2. The maximum Gasteiger partial charge on any atom is 0.133 e. The molecule has 1 aliphatic rings. The number of anilines is 1. The van der Waals surface area contributed by atoms with Crippen molar-refractivity contribution >= 4 is 21.7 Å². The highest BCUT2D eigenvalue weighted by atomic mass is 79.9. The van der Waals surface area contributed by atoms with Crippen LogP contribution in [0.15, 0.2) is 28.7 Å². The number of fused-ring (bicyclic) bond motifs is 1. The van der Waals surface area contributed by atoms with Gasteiger partial charge in [-0.1, -0.05) is 12.1 Å². The van der Waals surface area contributed by atoms with Gasteiger partial charge in [0.25, 0.3) is 0 Å². The predicted molar refractivity (Wildman–Crippen MR) is 74.2 cm³/mol. The Labute approximate surface area is 114 Å². The molecule has 5 heteroatoms. The summed E-state index contributed by atoms with van der Waals surface area (Å²) in [5.74, 6) is 1.09. The average molecular weight is 308 g/mol. The van der Waals surface area contributed by atoms with Crippen LogP contribution in [0.5, 0.6) is 0 Å². The molecule has 4 nitrogen and oxygen atoms in total. The molecule has 0 unspecified atom stereocenters. The van der Waals surface area contributed by atoms with E-state index in [0.29, 0.717) is 6.61 Å². The van der Waals surface area contributed by atoms with Crippen LogP contribution in [-0.4, -0.2) is 23.4 Å². The molecule has 0 saturated heterocycles. The molecular weight excluding hydrogens is 294 g/mol. The second-order valence-electron chi connectivity index (χ2n) is 4.25. The Bertz CT molecular complexity index is 580. The molecular formula is C13H14BrN3O.